The summed E-state index contributed by atoms with van der Waals surface area (Å²) in [4.78, 5) is 11.3. The Morgan fingerprint density at radius 2 is 1.79 bits per heavy atom. The predicted molar refractivity (Wildman–Crippen MR) is 70.7 cm³/mol. The van der Waals surface area contributed by atoms with Gasteiger partial charge in [-0.05, 0) is 48.9 Å². The number of carbonyl (C=O) groups excluding carboxylic acids is 1. The molecular weight excluding hydrogens is 244 g/mol. The molecule has 2 aromatic carbocycles. The predicted octanol–water partition coefficient (Wildman–Crippen LogP) is 3.28. The first-order valence-corrected chi connectivity index (χ1v) is 5.76. The van der Waals surface area contributed by atoms with Crippen LogP contribution in [0, 0.1) is 6.92 Å². The molecule has 98 valence electrons. The summed E-state index contributed by atoms with van der Waals surface area (Å²) < 4.78 is 10.2. The second-order valence-electron chi connectivity index (χ2n) is 4.09. The van der Waals surface area contributed by atoms with Crippen LogP contribution in [0.4, 0.5) is 0 Å². The van der Waals surface area contributed by atoms with Gasteiger partial charge in [-0.25, -0.2) is 4.79 Å². The number of hydrogen-bond donors (Lipinski definition) is 1. The highest BCUT2D eigenvalue weighted by molar-refractivity contribution is 5.89. The Bertz CT molecular complexity index is 588. The minimum atomic E-state index is -0.398. The molecule has 0 aliphatic heterocycles. The third-order valence-corrected chi connectivity index (χ3v) is 2.62. The van der Waals surface area contributed by atoms with Gasteiger partial charge in [-0.2, -0.15) is 0 Å². The van der Waals surface area contributed by atoms with E-state index in [2.05, 4.69) is 4.74 Å². The lowest BCUT2D eigenvalue weighted by atomic mass is 10.2. The zero-order valence-electron chi connectivity index (χ0n) is 10.7. The molecule has 0 saturated heterocycles. The molecule has 0 aliphatic rings. The zero-order valence-corrected chi connectivity index (χ0v) is 10.7. The van der Waals surface area contributed by atoms with Crippen molar-refractivity contribution in [3.8, 4) is 17.2 Å². The number of methoxy groups -OCH3 is 1. The minimum Gasteiger partial charge on any atom is -0.504 e. The fourth-order valence-corrected chi connectivity index (χ4v) is 1.61. The van der Waals surface area contributed by atoms with E-state index in [-0.39, 0.29) is 5.75 Å². The topological polar surface area (TPSA) is 55.8 Å². The van der Waals surface area contributed by atoms with Crippen molar-refractivity contribution < 1.29 is 19.4 Å². The molecule has 0 aliphatic carbocycles. The molecule has 0 unspecified atom stereocenters. The summed E-state index contributed by atoms with van der Waals surface area (Å²) in [5, 5.41) is 9.68. The van der Waals surface area contributed by atoms with Crippen LogP contribution in [0.3, 0.4) is 0 Å². The summed E-state index contributed by atoms with van der Waals surface area (Å²) in [7, 11) is 1.33. The van der Waals surface area contributed by atoms with Crippen LogP contribution < -0.4 is 4.74 Å². The molecule has 0 radical (unpaired) electrons. The van der Waals surface area contributed by atoms with E-state index in [0.29, 0.717) is 17.1 Å². The number of phenols is 1. The van der Waals surface area contributed by atoms with Gasteiger partial charge < -0.3 is 14.6 Å². The second-order valence-corrected chi connectivity index (χ2v) is 4.09. The first kappa shape index (κ1) is 13.0. The molecule has 0 aromatic heterocycles. The highest BCUT2D eigenvalue weighted by atomic mass is 16.5. The molecule has 0 saturated carbocycles. The van der Waals surface area contributed by atoms with Gasteiger partial charge in [0, 0.05) is 0 Å². The fraction of sp³-hybridized carbons (Fsp3) is 0.133. The average Bonchev–Trinajstić information content (AvgIpc) is 2.43. The zero-order chi connectivity index (χ0) is 13.8. The summed E-state index contributed by atoms with van der Waals surface area (Å²) in [6, 6.07) is 11.6. The van der Waals surface area contributed by atoms with Gasteiger partial charge in [-0.15, -0.1) is 0 Å². The molecular formula is C15H14O4. The molecule has 2 rings (SSSR count). The standard InChI is InChI=1S/C15H14O4/c1-10-3-8-13(16)14(9-10)19-12-6-4-11(5-7-12)15(17)18-2/h3-9,16H,1-2H3. The monoisotopic (exact) mass is 258 g/mol. The molecule has 0 amide bonds. The summed E-state index contributed by atoms with van der Waals surface area (Å²) >= 11 is 0. The molecule has 0 spiro atoms. The summed E-state index contributed by atoms with van der Waals surface area (Å²) in [6.45, 7) is 1.91. The van der Waals surface area contributed by atoms with E-state index in [1.807, 2.05) is 6.92 Å². The van der Waals surface area contributed by atoms with Gasteiger partial charge in [0.2, 0.25) is 0 Å². The molecule has 4 heteroatoms. The van der Waals surface area contributed by atoms with Gasteiger partial charge >= 0.3 is 5.97 Å². The van der Waals surface area contributed by atoms with Crippen LogP contribution in [0.15, 0.2) is 42.5 Å². The number of rotatable bonds is 3. The maximum Gasteiger partial charge on any atom is 0.337 e. The van der Waals surface area contributed by atoms with Gasteiger partial charge in [0.1, 0.15) is 5.75 Å². The Morgan fingerprint density at radius 1 is 1.11 bits per heavy atom. The number of benzene rings is 2. The number of ether oxygens (including phenoxy) is 2. The molecule has 2 aromatic rings. The van der Waals surface area contributed by atoms with Gasteiger partial charge in [0.15, 0.2) is 11.5 Å². The number of aryl methyl sites for hydroxylation is 1. The summed E-state index contributed by atoms with van der Waals surface area (Å²) in [5.74, 6) is 0.590. The quantitative estimate of drug-likeness (QED) is 0.858. The molecule has 4 nitrogen and oxygen atoms in total. The van der Waals surface area contributed by atoms with Gasteiger partial charge in [-0.1, -0.05) is 6.07 Å². The van der Waals surface area contributed by atoms with Crippen molar-refractivity contribution in [3.63, 3.8) is 0 Å². The van der Waals surface area contributed by atoms with Crippen LogP contribution in [0.1, 0.15) is 15.9 Å². The minimum absolute atomic E-state index is 0.0719. The molecule has 0 fully saturated rings. The summed E-state index contributed by atoms with van der Waals surface area (Å²) in [5.41, 5.74) is 1.43. The van der Waals surface area contributed by atoms with Crippen LogP contribution in [-0.4, -0.2) is 18.2 Å². The number of carbonyl (C=O) groups is 1. The van der Waals surface area contributed by atoms with E-state index in [4.69, 9.17) is 4.74 Å². The highest BCUT2D eigenvalue weighted by Gasteiger charge is 2.07. The highest BCUT2D eigenvalue weighted by Crippen LogP contribution is 2.31. The average molecular weight is 258 g/mol. The maximum atomic E-state index is 11.3. The SMILES string of the molecule is COC(=O)c1ccc(Oc2cc(C)ccc2O)cc1. The van der Waals surface area contributed by atoms with Crippen molar-refractivity contribution in [1.82, 2.24) is 0 Å². The number of hydrogen-bond acceptors (Lipinski definition) is 4. The van der Waals surface area contributed by atoms with Crippen LogP contribution in [0.2, 0.25) is 0 Å². The van der Waals surface area contributed by atoms with Gasteiger partial charge in [0.25, 0.3) is 0 Å². The lowest BCUT2D eigenvalue weighted by Gasteiger charge is -2.08. The molecule has 1 N–H and O–H groups in total. The lowest BCUT2D eigenvalue weighted by molar-refractivity contribution is 0.0600. The summed E-state index contributed by atoms with van der Waals surface area (Å²) in [6.07, 6.45) is 0. The van der Waals surface area contributed by atoms with Crippen LogP contribution in [0.5, 0.6) is 17.2 Å². The van der Waals surface area contributed by atoms with E-state index in [9.17, 15) is 9.90 Å². The van der Waals surface area contributed by atoms with Crippen LogP contribution in [0.25, 0.3) is 0 Å². The maximum absolute atomic E-state index is 11.3. The fourth-order valence-electron chi connectivity index (χ4n) is 1.61. The number of phenolic OH excluding ortho intramolecular Hbond substituents is 1. The number of esters is 1. The van der Waals surface area contributed by atoms with E-state index < -0.39 is 5.97 Å². The largest absolute Gasteiger partial charge is 0.504 e. The normalized spacial score (nSPS) is 10.0. The van der Waals surface area contributed by atoms with E-state index >= 15 is 0 Å². The Labute approximate surface area is 111 Å². The van der Waals surface area contributed by atoms with Crippen LogP contribution >= 0.6 is 0 Å². The third-order valence-electron chi connectivity index (χ3n) is 2.62. The van der Waals surface area contributed by atoms with Crippen molar-refractivity contribution in [3.05, 3.63) is 53.6 Å². The Hall–Kier alpha value is -2.49. The first-order valence-electron chi connectivity index (χ1n) is 5.76. The molecule has 0 atom stereocenters. The van der Waals surface area contributed by atoms with Crippen molar-refractivity contribution in [2.24, 2.45) is 0 Å². The third kappa shape index (κ3) is 3.04. The van der Waals surface area contributed by atoms with Crippen LogP contribution in [-0.2, 0) is 4.74 Å². The molecule has 19 heavy (non-hydrogen) atoms. The van der Waals surface area contributed by atoms with Crippen molar-refractivity contribution >= 4 is 5.97 Å². The molecule has 0 bridgehead atoms. The Morgan fingerprint density at radius 3 is 2.42 bits per heavy atom. The lowest BCUT2D eigenvalue weighted by Crippen LogP contribution is -2.00. The van der Waals surface area contributed by atoms with E-state index in [1.54, 1.807) is 42.5 Å². The van der Waals surface area contributed by atoms with Gasteiger partial charge in [0.05, 0.1) is 12.7 Å². The smallest absolute Gasteiger partial charge is 0.337 e. The van der Waals surface area contributed by atoms with Crippen molar-refractivity contribution in [2.75, 3.05) is 7.11 Å². The molecule has 0 heterocycles. The van der Waals surface area contributed by atoms with E-state index in [1.165, 1.54) is 7.11 Å². The van der Waals surface area contributed by atoms with Gasteiger partial charge in [-0.3, -0.25) is 0 Å². The van der Waals surface area contributed by atoms with Crippen molar-refractivity contribution in [1.29, 1.82) is 0 Å². The Kier molecular flexibility index (Phi) is 3.71. The van der Waals surface area contributed by atoms with Crippen molar-refractivity contribution in [2.45, 2.75) is 6.92 Å². The number of aromatic hydroxyl groups is 1. The Balaban J connectivity index is 2.19. The first-order chi connectivity index (χ1) is 9.10. The second kappa shape index (κ2) is 5.44. The van der Waals surface area contributed by atoms with E-state index in [0.717, 1.165) is 5.56 Å².